The Hall–Kier alpha value is -0.370. The summed E-state index contributed by atoms with van der Waals surface area (Å²) in [4.78, 5) is 9.84. The Labute approximate surface area is 50.1 Å². The van der Waals surface area contributed by atoms with Crippen LogP contribution >= 0.6 is 0 Å². The van der Waals surface area contributed by atoms with Crippen LogP contribution in [0.15, 0.2) is 0 Å². The molecule has 0 amide bonds. The number of hydrogen-bond donors (Lipinski definition) is 1. The summed E-state index contributed by atoms with van der Waals surface area (Å²) < 4.78 is 0. The highest BCUT2D eigenvalue weighted by Gasteiger charge is 2.04. The lowest BCUT2D eigenvalue weighted by Crippen LogP contribution is -2.26. The zero-order valence-corrected chi connectivity index (χ0v) is 5.42. The van der Waals surface area contributed by atoms with Crippen LogP contribution in [0.4, 0.5) is 0 Å². The molecule has 0 heterocycles. The van der Waals surface area contributed by atoms with Crippen LogP contribution in [-0.2, 0) is 4.79 Å². The summed E-state index contributed by atoms with van der Waals surface area (Å²) in [7, 11) is 0. The van der Waals surface area contributed by atoms with Gasteiger partial charge >= 0.3 is 0 Å². The quantitative estimate of drug-likeness (QED) is 0.546. The van der Waals surface area contributed by atoms with E-state index in [0.29, 0.717) is 12.3 Å². The Morgan fingerprint density at radius 3 is 2.25 bits per heavy atom. The second-order valence-electron chi connectivity index (χ2n) is 2.31. The van der Waals surface area contributed by atoms with Crippen LogP contribution in [0.25, 0.3) is 0 Å². The molecule has 0 saturated heterocycles. The predicted molar refractivity (Wildman–Crippen MR) is 33.5 cm³/mol. The first kappa shape index (κ1) is 7.63. The van der Waals surface area contributed by atoms with Gasteiger partial charge in [-0.05, 0) is 5.92 Å². The van der Waals surface area contributed by atoms with E-state index in [1.807, 2.05) is 13.8 Å². The molecule has 0 aromatic carbocycles. The van der Waals surface area contributed by atoms with Gasteiger partial charge in [-0.3, -0.25) is 0 Å². The lowest BCUT2D eigenvalue weighted by molar-refractivity contribution is -0.108. The van der Waals surface area contributed by atoms with Crippen molar-refractivity contribution in [3.8, 4) is 0 Å². The number of aldehydes is 1. The van der Waals surface area contributed by atoms with Gasteiger partial charge < -0.3 is 10.5 Å². The highest BCUT2D eigenvalue weighted by Crippen LogP contribution is 1.99. The van der Waals surface area contributed by atoms with Crippen LogP contribution in [0.3, 0.4) is 0 Å². The highest BCUT2D eigenvalue weighted by molar-refractivity contribution is 5.50. The van der Waals surface area contributed by atoms with Crippen molar-refractivity contribution < 1.29 is 4.79 Å². The van der Waals surface area contributed by atoms with Crippen molar-refractivity contribution in [2.24, 2.45) is 11.7 Å². The van der Waals surface area contributed by atoms with E-state index in [4.69, 9.17) is 5.73 Å². The fourth-order valence-electron chi connectivity index (χ4n) is 0.383. The minimum atomic E-state index is 0.0486. The molecule has 48 valence electrons. The van der Waals surface area contributed by atoms with Gasteiger partial charge in [0.25, 0.3) is 0 Å². The summed E-state index contributed by atoms with van der Waals surface area (Å²) >= 11 is 0. The van der Waals surface area contributed by atoms with Gasteiger partial charge in [0.05, 0.1) is 0 Å². The lowest BCUT2D eigenvalue weighted by Gasteiger charge is -2.10. The van der Waals surface area contributed by atoms with Crippen LogP contribution in [0, 0.1) is 5.92 Å². The smallest absolute Gasteiger partial charge is 0.121 e. The first-order valence-electron chi connectivity index (χ1n) is 2.87. The second-order valence-corrected chi connectivity index (χ2v) is 2.31. The maximum atomic E-state index is 9.84. The molecule has 0 spiro atoms. The molecule has 0 rings (SSSR count). The molecule has 0 unspecified atom stereocenters. The molecule has 0 aromatic heterocycles. The van der Waals surface area contributed by atoms with E-state index < -0.39 is 0 Å². The fraction of sp³-hybridized carbons (Fsp3) is 0.833. The molecule has 2 heteroatoms. The van der Waals surface area contributed by atoms with E-state index in [2.05, 4.69) is 0 Å². The third kappa shape index (κ3) is 2.75. The van der Waals surface area contributed by atoms with E-state index in [0.717, 1.165) is 6.29 Å². The van der Waals surface area contributed by atoms with E-state index in [1.165, 1.54) is 0 Å². The second kappa shape index (κ2) is 3.61. The summed E-state index contributed by atoms with van der Waals surface area (Å²) in [5.74, 6) is 0.417. The number of nitrogens with two attached hydrogens (primary N) is 1. The maximum Gasteiger partial charge on any atom is 0.121 e. The first-order valence-corrected chi connectivity index (χ1v) is 2.87. The van der Waals surface area contributed by atoms with Gasteiger partial charge in [-0.2, -0.15) is 0 Å². The van der Waals surface area contributed by atoms with Crippen molar-refractivity contribution in [2.45, 2.75) is 26.3 Å². The zero-order chi connectivity index (χ0) is 6.57. The molecule has 2 nitrogen and oxygen atoms in total. The molecule has 0 bridgehead atoms. The minimum Gasteiger partial charge on any atom is -0.327 e. The van der Waals surface area contributed by atoms with Crippen molar-refractivity contribution in [2.75, 3.05) is 0 Å². The Morgan fingerprint density at radius 1 is 1.62 bits per heavy atom. The topological polar surface area (TPSA) is 43.1 Å². The minimum absolute atomic E-state index is 0.0486. The summed E-state index contributed by atoms with van der Waals surface area (Å²) in [6.07, 6.45) is 1.35. The average Bonchev–Trinajstić information content (AvgIpc) is 1.67. The third-order valence-electron chi connectivity index (χ3n) is 1.22. The summed E-state index contributed by atoms with van der Waals surface area (Å²) in [5.41, 5.74) is 5.50. The Balaban J connectivity index is 3.30. The SMILES string of the molecule is CC(C)[C@@H](N)CC=O. The van der Waals surface area contributed by atoms with Crippen LogP contribution in [-0.4, -0.2) is 12.3 Å². The van der Waals surface area contributed by atoms with Crippen LogP contribution < -0.4 is 5.73 Å². The van der Waals surface area contributed by atoms with Crippen molar-refractivity contribution in [1.82, 2.24) is 0 Å². The van der Waals surface area contributed by atoms with Crippen LogP contribution in [0.5, 0.6) is 0 Å². The summed E-state index contributed by atoms with van der Waals surface area (Å²) in [6.45, 7) is 4.02. The van der Waals surface area contributed by atoms with Gasteiger partial charge in [0.15, 0.2) is 0 Å². The largest absolute Gasteiger partial charge is 0.327 e. The molecule has 0 fully saturated rings. The van der Waals surface area contributed by atoms with Gasteiger partial charge in [0.2, 0.25) is 0 Å². The Bertz CT molecular complexity index is 70.9. The molecule has 8 heavy (non-hydrogen) atoms. The van der Waals surface area contributed by atoms with Gasteiger partial charge in [-0.25, -0.2) is 0 Å². The molecule has 2 N–H and O–H groups in total. The number of rotatable bonds is 3. The summed E-state index contributed by atoms with van der Waals surface area (Å²) in [6, 6.07) is 0.0486. The number of carbonyl (C=O) groups excluding carboxylic acids is 1. The van der Waals surface area contributed by atoms with Gasteiger partial charge in [-0.15, -0.1) is 0 Å². The predicted octanol–water partition coefficient (Wildman–Crippen LogP) is 0.559. The normalized spacial score (nSPS) is 14.0. The van der Waals surface area contributed by atoms with E-state index in [1.54, 1.807) is 0 Å². The molecule has 0 aliphatic rings. The number of carbonyl (C=O) groups is 1. The van der Waals surface area contributed by atoms with Crippen molar-refractivity contribution in [3.05, 3.63) is 0 Å². The first-order chi connectivity index (χ1) is 3.68. The van der Waals surface area contributed by atoms with E-state index >= 15 is 0 Å². The lowest BCUT2D eigenvalue weighted by atomic mass is 10.0. The molecule has 0 aliphatic heterocycles. The van der Waals surface area contributed by atoms with E-state index in [-0.39, 0.29) is 6.04 Å². The molecule has 0 aromatic rings. The molecule has 0 radical (unpaired) electrons. The molecular weight excluding hydrogens is 102 g/mol. The van der Waals surface area contributed by atoms with E-state index in [9.17, 15) is 4.79 Å². The molecule has 0 aliphatic carbocycles. The fourth-order valence-corrected chi connectivity index (χ4v) is 0.383. The Morgan fingerprint density at radius 2 is 2.12 bits per heavy atom. The van der Waals surface area contributed by atoms with Gasteiger partial charge in [0.1, 0.15) is 6.29 Å². The third-order valence-corrected chi connectivity index (χ3v) is 1.22. The Kier molecular flexibility index (Phi) is 3.44. The van der Waals surface area contributed by atoms with Crippen molar-refractivity contribution >= 4 is 6.29 Å². The van der Waals surface area contributed by atoms with Crippen LogP contribution in [0.1, 0.15) is 20.3 Å². The maximum absolute atomic E-state index is 9.84. The van der Waals surface area contributed by atoms with Gasteiger partial charge in [0, 0.05) is 12.5 Å². The van der Waals surface area contributed by atoms with Gasteiger partial charge in [-0.1, -0.05) is 13.8 Å². The van der Waals surface area contributed by atoms with Crippen molar-refractivity contribution in [3.63, 3.8) is 0 Å². The van der Waals surface area contributed by atoms with Crippen molar-refractivity contribution in [1.29, 1.82) is 0 Å². The number of hydrogen-bond acceptors (Lipinski definition) is 2. The average molecular weight is 115 g/mol. The molecular formula is C6H13NO. The standard InChI is InChI=1S/C6H13NO/c1-5(2)6(7)3-4-8/h4-6H,3,7H2,1-2H3/t6-/m0/s1. The summed E-state index contributed by atoms with van der Waals surface area (Å²) in [5, 5.41) is 0. The van der Waals surface area contributed by atoms with Crippen LogP contribution in [0.2, 0.25) is 0 Å². The monoisotopic (exact) mass is 115 g/mol. The molecule has 0 saturated carbocycles. The highest BCUT2D eigenvalue weighted by atomic mass is 16.1. The zero-order valence-electron chi connectivity index (χ0n) is 5.42. The molecule has 1 atom stereocenters.